The van der Waals surface area contributed by atoms with Crippen LogP contribution >= 0.6 is 0 Å². The monoisotopic (exact) mass is 308 g/mol. The summed E-state index contributed by atoms with van der Waals surface area (Å²) in [5.74, 6) is 0.560. The Hall–Kier alpha value is -3.15. The van der Waals surface area contributed by atoms with Crippen molar-refractivity contribution in [3.8, 4) is 11.4 Å². The third-order valence-electron chi connectivity index (χ3n) is 3.36. The van der Waals surface area contributed by atoms with E-state index < -0.39 is 0 Å². The molecule has 0 saturated carbocycles. The molecule has 0 atom stereocenters. The zero-order chi connectivity index (χ0) is 16.1. The van der Waals surface area contributed by atoms with Gasteiger partial charge in [-0.15, -0.1) is 0 Å². The van der Waals surface area contributed by atoms with Crippen LogP contribution in [-0.4, -0.2) is 27.6 Å². The summed E-state index contributed by atoms with van der Waals surface area (Å²) in [7, 11) is 1.62. The number of carbonyl (C=O) groups is 1. The number of imidazole rings is 1. The lowest BCUT2D eigenvalue weighted by molar-refractivity contribution is 0.0946. The lowest BCUT2D eigenvalue weighted by Gasteiger charge is -2.04. The quantitative estimate of drug-likeness (QED) is 0.784. The van der Waals surface area contributed by atoms with E-state index in [9.17, 15) is 4.79 Å². The fraction of sp³-hybridized carbons (Fsp3) is 0.118. The summed E-state index contributed by atoms with van der Waals surface area (Å²) >= 11 is 0. The Morgan fingerprint density at radius 3 is 2.78 bits per heavy atom. The predicted octanol–water partition coefficient (Wildman–Crippen LogP) is 2.21. The number of hydrogen-bond donors (Lipinski definition) is 1. The highest BCUT2D eigenvalue weighted by atomic mass is 16.5. The molecule has 2 heterocycles. The summed E-state index contributed by atoms with van der Waals surface area (Å²) in [4.78, 5) is 20.3. The van der Waals surface area contributed by atoms with Crippen LogP contribution in [-0.2, 0) is 6.54 Å². The molecule has 0 saturated heterocycles. The van der Waals surface area contributed by atoms with Crippen LogP contribution in [0.15, 0.2) is 61.3 Å². The molecule has 1 amide bonds. The fourth-order valence-electron chi connectivity index (χ4n) is 2.11. The molecule has 23 heavy (non-hydrogen) atoms. The van der Waals surface area contributed by atoms with Crippen molar-refractivity contribution in [2.45, 2.75) is 6.54 Å². The molecule has 0 aliphatic carbocycles. The number of nitrogens with one attached hydrogen (secondary N) is 1. The minimum absolute atomic E-state index is 0.221. The molecule has 0 radical (unpaired) electrons. The van der Waals surface area contributed by atoms with Crippen molar-refractivity contribution in [3.05, 3.63) is 72.6 Å². The summed E-state index contributed by atoms with van der Waals surface area (Å²) in [6, 6.07) is 11.3. The van der Waals surface area contributed by atoms with Gasteiger partial charge >= 0.3 is 0 Å². The van der Waals surface area contributed by atoms with E-state index in [1.807, 2.05) is 36.4 Å². The molecule has 1 aromatic carbocycles. The first-order valence-corrected chi connectivity index (χ1v) is 7.12. The highest BCUT2D eigenvalue weighted by Gasteiger charge is 2.09. The molecule has 0 spiro atoms. The number of amides is 1. The molecule has 6 heteroatoms. The number of benzene rings is 1. The van der Waals surface area contributed by atoms with Gasteiger partial charge in [0.1, 0.15) is 17.8 Å². The van der Waals surface area contributed by atoms with Crippen LogP contribution in [0.3, 0.4) is 0 Å². The molecule has 0 aliphatic rings. The summed E-state index contributed by atoms with van der Waals surface area (Å²) in [5.41, 5.74) is 2.21. The molecular weight excluding hydrogens is 292 g/mol. The van der Waals surface area contributed by atoms with E-state index in [0.717, 1.165) is 17.0 Å². The standard InChI is InChI=1S/C17H16N4O2/c1-23-15-6-4-14(5-7-15)21-11-16(20-12-21)17(22)19-10-13-3-2-8-18-9-13/h2-9,11-12H,10H2,1H3,(H,19,22). The van der Waals surface area contributed by atoms with Gasteiger partial charge in [0, 0.05) is 30.8 Å². The van der Waals surface area contributed by atoms with Gasteiger partial charge < -0.3 is 14.6 Å². The van der Waals surface area contributed by atoms with Crippen molar-refractivity contribution >= 4 is 5.91 Å². The number of methoxy groups -OCH3 is 1. The normalized spacial score (nSPS) is 10.3. The average Bonchev–Trinajstić information content (AvgIpc) is 3.11. The Labute approximate surface area is 133 Å². The summed E-state index contributed by atoms with van der Waals surface area (Å²) in [5, 5.41) is 2.82. The first-order valence-electron chi connectivity index (χ1n) is 7.12. The van der Waals surface area contributed by atoms with Crippen LogP contribution in [0.25, 0.3) is 5.69 Å². The fourth-order valence-corrected chi connectivity index (χ4v) is 2.11. The molecule has 0 aliphatic heterocycles. The number of aromatic nitrogens is 3. The molecular formula is C17H16N4O2. The van der Waals surface area contributed by atoms with Crippen LogP contribution < -0.4 is 10.1 Å². The van der Waals surface area contributed by atoms with Crippen molar-refractivity contribution in [1.82, 2.24) is 19.9 Å². The largest absolute Gasteiger partial charge is 0.497 e. The maximum absolute atomic E-state index is 12.1. The van der Waals surface area contributed by atoms with Crippen molar-refractivity contribution in [2.75, 3.05) is 7.11 Å². The Balaban J connectivity index is 1.67. The Bertz CT molecular complexity index is 782. The number of ether oxygens (including phenoxy) is 1. The third kappa shape index (κ3) is 3.55. The zero-order valence-electron chi connectivity index (χ0n) is 12.6. The first-order chi connectivity index (χ1) is 11.3. The number of carbonyl (C=O) groups excluding carboxylic acids is 1. The minimum Gasteiger partial charge on any atom is -0.497 e. The van der Waals surface area contributed by atoms with Gasteiger partial charge in [0.05, 0.1) is 7.11 Å². The number of nitrogens with zero attached hydrogens (tertiary/aromatic N) is 3. The molecule has 0 bridgehead atoms. The van der Waals surface area contributed by atoms with E-state index in [0.29, 0.717) is 12.2 Å². The van der Waals surface area contributed by atoms with Crippen molar-refractivity contribution in [2.24, 2.45) is 0 Å². The van der Waals surface area contributed by atoms with Crippen molar-refractivity contribution in [1.29, 1.82) is 0 Å². The number of pyridine rings is 1. The van der Waals surface area contributed by atoms with Crippen LogP contribution in [0, 0.1) is 0 Å². The van der Waals surface area contributed by atoms with E-state index in [-0.39, 0.29) is 5.91 Å². The maximum atomic E-state index is 12.1. The van der Waals surface area contributed by atoms with Crippen LogP contribution in [0.5, 0.6) is 5.75 Å². The van der Waals surface area contributed by atoms with Gasteiger partial charge in [-0.3, -0.25) is 9.78 Å². The highest BCUT2D eigenvalue weighted by molar-refractivity contribution is 5.92. The minimum atomic E-state index is -0.221. The average molecular weight is 308 g/mol. The SMILES string of the molecule is COc1ccc(-n2cnc(C(=O)NCc3cccnc3)c2)cc1. The smallest absolute Gasteiger partial charge is 0.271 e. The Morgan fingerprint density at radius 1 is 1.26 bits per heavy atom. The summed E-state index contributed by atoms with van der Waals surface area (Å²) < 4.78 is 6.92. The Morgan fingerprint density at radius 2 is 2.09 bits per heavy atom. The molecule has 0 unspecified atom stereocenters. The van der Waals surface area contributed by atoms with Crippen LogP contribution in [0.4, 0.5) is 0 Å². The van der Waals surface area contributed by atoms with Gasteiger partial charge in [0.25, 0.3) is 5.91 Å². The summed E-state index contributed by atoms with van der Waals surface area (Å²) in [6.45, 7) is 0.419. The highest BCUT2D eigenvalue weighted by Crippen LogP contribution is 2.15. The predicted molar refractivity (Wildman–Crippen MR) is 85.5 cm³/mol. The lowest BCUT2D eigenvalue weighted by Crippen LogP contribution is -2.23. The van der Waals surface area contributed by atoms with Crippen molar-refractivity contribution < 1.29 is 9.53 Å². The first kappa shape index (κ1) is 14.8. The van der Waals surface area contributed by atoms with E-state index in [1.165, 1.54) is 0 Å². The van der Waals surface area contributed by atoms with Crippen LogP contribution in [0.2, 0.25) is 0 Å². The second kappa shape index (κ2) is 6.74. The number of hydrogen-bond acceptors (Lipinski definition) is 4. The van der Waals surface area contributed by atoms with Gasteiger partial charge in [-0.25, -0.2) is 4.98 Å². The molecule has 3 rings (SSSR count). The number of rotatable bonds is 5. The van der Waals surface area contributed by atoms with E-state index in [4.69, 9.17) is 4.74 Å². The topological polar surface area (TPSA) is 69.0 Å². The van der Waals surface area contributed by atoms with Gasteiger partial charge in [0.2, 0.25) is 0 Å². The molecule has 0 fully saturated rings. The second-order valence-corrected chi connectivity index (χ2v) is 4.91. The molecule has 6 nitrogen and oxygen atoms in total. The van der Waals surface area contributed by atoms with Gasteiger partial charge in [-0.1, -0.05) is 6.07 Å². The van der Waals surface area contributed by atoms with Crippen LogP contribution in [0.1, 0.15) is 16.1 Å². The van der Waals surface area contributed by atoms with Gasteiger partial charge in [0.15, 0.2) is 0 Å². The summed E-state index contributed by atoms with van der Waals surface area (Å²) in [6.07, 6.45) is 6.72. The van der Waals surface area contributed by atoms with E-state index >= 15 is 0 Å². The van der Waals surface area contributed by atoms with Gasteiger partial charge in [-0.05, 0) is 35.9 Å². The van der Waals surface area contributed by atoms with E-state index in [1.54, 1.807) is 36.6 Å². The zero-order valence-corrected chi connectivity index (χ0v) is 12.6. The maximum Gasteiger partial charge on any atom is 0.271 e. The van der Waals surface area contributed by atoms with E-state index in [2.05, 4.69) is 15.3 Å². The third-order valence-corrected chi connectivity index (χ3v) is 3.36. The molecule has 1 N–H and O–H groups in total. The lowest BCUT2D eigenvalue weighted by atomic mass is 10.3. The Kier molecular flexibility index (Phi) is 4.33. The van der Waals surface area contributed by atoms with Gasteiger partial charge in [-0.2, -0.15) is 0 Å². The molecule has 3 aromatic rings. The molecule has 2 aromatic heterocycles. The molecule has 116 valence electrons. The van der Waals surface area contributed by atoms with Crippen molar-refractivity contribution in [3.63, 3.8) is 0 Å². The second-order valence-electron chi connectivity index (χ2n) is 4.91.